The number of unbranched alkanes of at least 4 members (excludes halogenated alkanes) is 5. The minimum atomic E-state index is -4.36. The molecule has 1 aromatic carbocycles. The SMILES string of the molecule is [CH2]CCCCCCCOc1ccccc1C(F)(F)F. The lowest BCUT2D eigenvalue weighted by Gasteiger charge is -2.13. The van der Waals surface area contributed by atoms with Gasteiger partial charge < -0.3 is 4.74 Å². The second-order valence-electron chi connectivity index (χ2n) is 4.46. The fourth-order valence-corrected chi connectivity index (χ4v) is 1.82. The Hall–Kier alpha value is -1.19. The third-order valence-corrected chi connectivity index (χ3v) is 2.84. The normalized spacial score (nSPS) is 11.6. The van der Waals surface area contributed by atoms with Crippen molar-refractivity contribution in [3.8, 4) is 5.75 Å². The smallest absolute Gasteiger partial charge is 0.419 e. The predicted octanol–water partition coefficient (Wildman–Crippen LogP) is 5.26. The fraction of sp³-hybridized carbons (Fsp3) is 0.533. The summed E-state index contributed by atoms with van der Waals surface area (Å²) >= 11 is 0. The molecule has 1 aromatic rings. The van der Waals surface area contributed by atoms with Crippen molar-refractivity contribution < 1.29 is 17.9 Å². The molecule has 0 aliphatic carbocycles. The Morgan fingerprint density at radius 2 is 1.58 bits per heavy atom. The van der Waals surface area contributed by atoms with Crippen LogP contribution in [0.5, 0.6) is 5.75 Å². The van der Waals surface area contributed by atoms with E-state index in [2.05, 4.69) is 6.92 Å². The lowest BCUT2D eigenvalue weighted by molar-refractivity contribution is -0.138. The Balaban J connectivity index is 2.33. The molecule has 0 fully saturated rings. The molecule has 0 aromatic heterocycles. The molecule has 0 unspecified atom stereocenters. The molecule has 0 amide bonds. The molecule has 19 heavy (non-hydrogen) atoms. The molecule has 0 N–H and O–H groups in total. The summed E-state index contributed by atoms with van der Waals surface area (Å²) in [6.45, 7) is 4.09. The molecule has 107 valence electrons. The van der Waals surface area contributed by atoms with Crippen LogP contribution in [0.3, 0.4) is 0 Å². The summed E-state index contributed by atoms with van der Waals surface area (Å²) in [4.78, 5) is 0. The van der Waals surface area contributed by atoms with Crippen LogP contribution >= 0.6 is 0 Å². The van der Waals surface area contributed by atoms with Crippen LogP contribution in [0.2, 0.25) is 0 Å². The van der Waals surface area contributed by atoms with Gasteiger partial charge in [-0.15, -0.1) is 0 Å². The molecule has 1 nitrogen and oxygen atoms in total. The van der Waals surface area contributed by atoms with E-state index in [0.29, 0.717) is 6.61 Å². The summed E-state index contributed by atoms with van der Waals surface area (Å²) in [5.41, 5.74) is -0.702. The van der Waals surface area contributed by atoms with Gasteiger partial charge in [0, 0.05) is 0 Å². The highest BCUT2D eigenvalue weighted by Crippen LogP contribution is 2.35. The van der Waals surface area contributed by atoms with Gasteiger partial charge in [-0.25, -0.2) is 0 Å². The second-order valence-corrected chi connectivity index (χ2v) is 4.46. The van der Waals surface area contributed by atoms with E-state index in [1.165, 1.54) is 12.1 Å². The van der Waals surface area contributed by atoms with Crippen LogP contribution in [0, 0.1) is 6.92 Å². The summed E-state index contributed by atoms with van der Waals surface area (Å²) in [5, 5.41) is 0. The third kappa shape index (κ3) is 5.99. The van der Waals surface area contributed by atoms with E-state index in [1.54, 1.807) is 6.07 Å². The third-order valence-electron chi connectivity index (χ3n) is 2.84. The Kier molecular flexibility index (Phi) is 6.74. The van der Waals surface area contributed by atoms with Gasteiger partial charge >= 0.3 is 6.18 Å². The van der Waals surface area contributed by atoms with Crippen LogP contribution in [-0.2, 0) is 6.18 Å². The summed E-state index contributed by atoms with van der Waals surface area (Å²) in [5.74, 6) is -0.0761. The molecule has 4 heteroatoms. The van der Waals surface area contributed by atoms with E-state index >= 15 is 0 Å². The minimum Gasteiger partial charge on any atom is -0.493 e. The van der Waals surface area contributed by atoms with E-state index in [-0.39, 0.29) is 5.75 Å². The average Bonchev–Trinajstić information content (AvgIpc) is 2.37. The molecule has 0 bridgehead atoms. The number of ether oxygens (including phenoxy) is 1. The molecular formula is C15H20F3O. The van der Waals surface area contributed by atoms with Crippen LogP contribution in [0.1, 0.15) is 44.1 Å². The molecule has 0 aliphatic rings. The zero-order valence-electron chi connectivity index (χ0n) is 11.0. The van der Waals surface area contributed by atoms with Gasteiger partial charge in [0.1, 0.15) is 5.75 Å². The monoisotopic (exact) mass is 273 g/mol. The Morgan fingerprint density at radius 3 is 2.26 bits per heavy atom. The first-order chi connectivity index (χ1) is 9.05. The van der Waals surface area contributed by atoms with Crippen LogP contribution in [0.4, 0.5) is 13.2 Å². The fourth-order valence-electron chi connectivity index (χ4n) is 1.82. The van der Waals surface area contributed by atoms with Crippen molar-refractivity contribution in [2.75, 3.05) is 6.61 Å². The summed E-state index contributed by atoms with van der Waals surface area (Å²) in [6, 6.07) is 5.34. The van der Waals surface area contributed by atoms with Gasteiger partial charge in [-0.05, 0) is 18.6 Å². The maximum atomic E-state index is 12.7. The summed E-state index contributed by atoms with van der Waals surface area (Å²) < 4.78 is 43.3. The van der Waals surface area contributed by atoms with E-state index in [1.807, 2.05) is 0 Å². The quantitative estimate of drug-likeness (QED) is 0.587. The summed E-state index contributed by atoms with van der Waals surface area (Å²) in [6.07, 6.45) is 1.66. The van der Waals surface area contributed by atoms with Gasteiger partial charge in [-0.1, -0.05) is 51.2 Å². The molecule has 1 radical (unpaired) electrons. The van der Waals surface area contributed by atoms with E-state index in [9.17, 15) is 13.2 Å². The van der Waals surface area contributed by atoms with Crippen molar-refractivity contribution in [2.45, 2.75) is 44.7 Å². The maximum Gasteiger partial charge on any atom is 0.419 e. The van der Waals surface area contributed by atoms with E-state index in [0.717, 1.165) is 44.6 Å². The molecular weight excluding hydrogens is 253 g/mol. The van der Waals surface area contributed by atoms with E-state index < -0.39 is 11.7 Å². The van der Waals surface area contributed by atoms with Crippen LogP contribution in [0.25, 0.3) is 0 Å². The van der Waals surface area contributed by atoms with Crippen molar-refractivity contribution in [3.05, 3.63) is 36.8 Å². The van der Waals surface area contributed by atoms with Crippen LogP contribution in [-0.4, -0.2) is 6.61 Å². The maximum absolute atomic E-state index is 12.7. The first-order valence-electron chi connectivity index (χ1n) is 6.64. The summed E-state index contributed by atoms with van der Waals surface area (Å²) in [7, 11) is 0. The van der Waals surface area contributed by atoms with Gasteiger partial charge in [-0.3, -0.25) is 0 Å². The predicted molar refractivity (Wildman–Crippen MR) is 70.0 cm³/mol. The molecule has 0 aliphatic heterocycles. The van der Waals surface area contributed by atoms with Gasteiger partial charge in [0.25, 0.3) is 0 Å². The van der Waals surface area contributed by atoms with Gasteiger partial charge in [0.05, 0.1) is 12.2 Å². The van der Waals surface area contributed by atoms with Crippen molar-refractivity contribution >= 4 is 0 Å². The Morgan fingerprint density at radius 1 is 0.947 bits per heavy atom. The molecule has 1 rings (SSSR count). The first kappa shape index (κ1) is 15.9. The number of para-hydroxylation sites is 1. The average molecular weight is 273 g/mol. The van der Waals surface area contributed by atoms with Gasteiger partial charge in [0.2, 0.25) is 0 Å². The highest BCUT2D eigenvalue weighted by Gasteiger charge is 2.33. The van der Waals surface area contributed by atoms with Gasteiger partial charge in [-0.2, -0.15) is 13.2 Å². The number of hydrogen-bond acceptors (Lipinski definition) is 1. The van der Waals surface area contributed by atoms with Crippen LogP contribution < -0.4 is 4.74 Å². The highest BCUT2D eigenvalue weighted by atomic mass is 19.4. The van der Waals surface area contributed by atoms with Crippen molar-refractivity contribution in [2.24, 2.45) is 0 Å². The number of halogens is 3. The van der Waals surface area contributed by atoms with Gasteiger partial charge in [0.15, 0.2) is 0 Å². The lowest BCUT2D eigenvalue weighted by atomic mass is 10.1. The van der Waals surface area contributed by atoms with Crippen LogP contribution in [0.15, 0.2) is 24.3 Å². The number of hydrogen-bond donors (Lipinski definition) is 0. The zero-order chi connectivity index (χ0) is 14.1. The largest absolute Gasteiger partial charge is 0.493 e. The molecule has 0 heterocycles. The highest BCUT2D eigenvalue weighted by molar-refractivity contribution is 5.35. The zero-order valence-corrected chi connectivity index (χ0v) is 11.0. The number of alkyl halides is 3. The molecule has 0 saturated carbocycles. The Labute approximate surface area is 112 Å². The topological polar surface area (TPSA) is 9.23 Å². The number of benzene rings is 1. The molecule has 0 spiro atoms. The number of rotatable bonds is 8. The molecule has 0 atom stereocenters. The van der Waals surface area contributed by atoms with E-state index in [4.69, 9.17) is 4.74 Å². The Bertz CT molecular complexity index is 361. The molecule has 0 saturated heterocycles. The minimum absolute atomic E-state index is 0.0761. The standard InChI is InChI=1S/C15H20F3O/c1-2-3-4-5-6-9-12-19-14-11-8-7-10-13(14)15(16,17)18/h7-8,10-11H,1-6,9,12H2. The lowest BCUT2D eigenvalue weighted by Crippen LogP contribution is -2.09. The first-order valence-corrected chi connectivity index (χ1v) is 6.64. The van der Waals surface area contributed by atoms with Crippen molar-refractivity contribution in [1.82, 2.24) is 0 Å². The van der Waals surface area contributed by atoms with Crippen molar-refractivity contribution in [3.63, 3.8) is 0 Å². The van der Waals surface area contributed by atoms with Crippen molar-refractivity contribution in [1.29, 1.82) is 0 Å². The second kappa shape index (κ2) is 8.08.